The van der Waals surface area contributed by atoms with Crippen molar-refractivity contribution in [2.45, 2.75) is 38.9 Å². The van der Waals surface area contributed by atoms with Gasteiger partial charge in [-0.25, -0.2) is 0 Å². The van der Waals surface area contributed by atoms with Crippen LogP contribution in [0.15, 0.2) is 52.9 Å². The first-order valence-corrected chi connectivity index (χ1v) is 9.54. The smallest absolute Gasteiger partial charge is 0.454 e. The van der Waals surface area contributed by atoms with E-state index < -0.39 is 7.12 Å². The molecule has 4 aromatic rings. The minimum absolute atomic E-state index is 0.375. The molecule has 0 amide bonds. The lowest BCUT2D eigenvalue weighted by molar-refractivity contribution is 0.00578. The van der Waals surface area contributed by atoms with Crippen molar-refractivity contribution in [3.8, 4) is 0 Å². The Morgan fingerprint density at radius 1 is 0.852 bits per heavy atom. The van der Waals surface area contributed by atoms with Gasteiger partial charge in [-0.2, -0.15) is 0 Å². The van der Waals surface area contributed by atoms with Crippen molar-refractivity contribution in [1.82, 2.24) is 0 Å². The Bertz CT molecular complexity index is 1190. The SMILES string of the molecule is CC1(C)OB(c2ccc3c(c2)oc2c(Cl)cc4ccccc4c23)OC1(C)C. The van der Waals surface area contributed by atoms with Crippen LogP contribution in [0, 0.1) is 0 Å². The summed E-state index contributed by atoms with van der Waals surface area (Å²) in [4.78, 5) is 0. The molecule has 1 aliphatic heterocycles. The summed E-state index contributed by atoms with van der Waals surface area (Å²) in [6, 6.07) is 16.3. The molecule has 0 bridgehead atoms. The van der Waals surface area contributed by atoms with Gasteiger partial charge in [0.15, 0.2) is 5.58 Å². The number of fused-ring (bicyclic) bond motifs is 5. The standard InChI is InChI=1S/C22H20BClO3/c1-21(2)22(3,4)27-23(26-21)14-9-10-16-18(12-14)25-20-17(24)11-13-7-5-6-8-15(13)19(16)20/h5-12H,1-4H3. The van der Waals surface area contributed by atoms with E-state index in [9.17, 15) is 0 Å². The van der Waals surface area contributed by atoms with Gasteiger partial charge >= 0.3 is 7.12 Å². The summed E-state index contributed by atoms with van der Waals surface area (Å²) >= 11 is 6.51. The fraction of sp³-hybridized carbons (Fsp3) is 0.273. The summed E-state index contributed by atoms with van der Waals surface area (Å²) in [5.74, 6) is 0. The van der Waals surface area contributed by atoms with Crippen LogP contribution in [-0.4, -0.2) is 18.3 Å². The summed E-state index contributed by atoms with van der Waals surface area (Å²) in [5, 5.41) is 4.96. The van der Waals surface area contributed by atoms with Crippen LogP contribution in [0.2, 0.25) is 5.02 Å². The maximum absolute atomic E-state index is 6.51. The Morgan fingerprint density at radius 3 is 2.30 bits per heavy atom. The Kier molecular flexibility index (Phi) is 3.49. The summed E-state index contributed by atoms with van der Waals surface area (Å²) in [7, 11) is -0.417. The third-order valence-electron chi connectivity index (χ3n) is 5.97. The molecule has 1 saturated heterocycles. The number of benzene rings is 3. The van der Waals surface area contributed by atoms with Gasteiger partial charge in [0.1, 0.15) is 5.58 Å². The van der Waals surface area contributed by atoms with Crippen LogP contribution in [0.3, 0.4) is 0 Å². The van der Waals surface area contributed by atoms with Crippen LogP contribution in [0.4, 0.5) is 0 Å². The second kappa shape index (κ2) is 5.51. The van der Waals surface area contributed by atoms with Gasteiger partial charge in [-0.05, 0) is 56.1 Å². The molecule has 0 spiro atoms. The molecule has 0 N–H and O–H groups in total. The topological polar surface area (TPSA) is 31.6 Å². The third kappa shape index (κ3) is 2.44. The lowest BCUT2D eigenvalue weighted by atomic mass is 9.79. The van der Waals surface area contributed by atoms with Crippen LogP contribution < -0.4 is 5.46 Å². The molecule has 0 radical (unpaired) electrons. The molecule has 1 fully saturated rings. The second-order valence-electron chi connectivity index (χ2n) is 8.23. The Morgan fingerprint density at radius 2 is 1.56 bits per heavy atom. The normalized spacial score (nSPS) is 18.8. The van der Waals surface area contributed by atoms with E-state index in [1.54, 1.807) is 0 Å². The monoisotopic (exact) mass is 378 g/mol. The molecule has 2 heterocycles. The lowest BCUT2D eigenvalue weighted by Gasteiger charge is -2.32. The van der Waals surface area contributed by atoms with Gasteiger partial charge in [0.25, 0.3) is 0 Å². The Hall–Kier alpha value is -2.01. The van der Waals surface area contributed by atoms with Gasteiger partial charge in [-0.15, -0.1) is 0 Å². The summed E-state index contributed by atoms with van der Waals surface area (Å²) in [5.41, 5.74) is 1.70. The van der Waals surface area contributed by atoms with Crippen molar-refractivity contribution < 1.29 is 13.7 Å². The molecule has 0 saturated carbocycles. The zero-order valence-electron chi connectivity index (χ0n) is 15.8. The first-order chi connectivity index (χ1) is 12.8. The molecule has 136 valence electrons. The maximum Gasteiger partial charge on any atom is 0.494 e. The molecule has 1 aliphatic rings. The first-order valence-electron chi connectivity index (χ1n) is 9.16. The fourth-order valence-electron chi connectivity index (χ4n) is 3.73. The number of hydrogen-bond donors (Lipinski definition) is 0. The van der Waals surface area contributed by atoms with Crippen molar-refractivity contribution in [3.05, 3.63) is 53.6 Å². The van der Waals surface area contributed by atoms with Gasteiger partial charge < -0.3 is 13.7 Å². The molecular weight excluding hydrogens is 359 g/mol. The molecule has 0 unspecified atom stereocenters. The minimum atomic E-state index is -0.417. The number of hydrogen-bond acceptors (Lipinski definition) is 3. The summed E-state index contributed by atoms with van der Waals surface area (Å²) in [6.07, 6.45) is 0. The van der Waals surface area contributed by atoms with Crippen LogP contribution >= 0.6 is 11.6 Å². The van der Waals surface area contributed by atoms with Gasteiger partial charge in [0.2, 0.25) is 0 Å². The van der Waals surface area contributed by atoms with Gasteiger partial charge in [0, 0.05) is 10.8 Å². The van der Waals surface area contributed by atoms with Crippen molar-refractivity contribution in [1.29, 1.82) is 0 Å². The predicted octanol–water partition coefficient (Wildman–Crippen LogP) is 5.69. The largest absolute Gasteiger partial charge is 0.494 e. The Labute approximate surface area is 163 Å². The van der Waals surface area contributed by atoms with E-state index in [4.69, 9.17) is 25.3 Å². The number of rotatable bonds is 1. The molecule has 5 heteroatoms. The predicted molar refractivity (Wildman–Crippen MR) is 112 cm³/mol. The molecular formula is C22H20BClO3. The second-order valence-corrected chi connectivity index (χ2v) is 8.64. The van der Waals surface area contributed by atoms with Gasteiger partial charge in [0.05, 0.1) is 16.2 Å². The van der Waals surface area contributed by atoms with Gasteiger partial charge in [-0.1, -0.05) is 48.0 Å². The first kappa shape index (κ1) is 17.1. The van der Waals surface area contributed by atoms with E-state index in [0.717, 1.165) is 38.2 Å². The highest BCUT2D eigenvalue weighted by Crippen LogP contribution is 2.40. The quantitative estimate of drug-likeness (QED) is 0.399. The van der Waals surface area contributed by atoms with Crippen LogP contribution in [0.1, 0.15) is 27.7 Å². The zero-order valence-corrected chi connectivity index (χ0v) is 16.6. The Balaban J connectivity index is 1.71. The van der Waals surface area contributed by atoms with E-state index in [0.29, 0.717) is 5.02 Å². The van der Waals surface area contributed by atoms with Crippen molar-refractivity contribution >= 4 is 56.9 Å². The molecule has 0 atom stereocenters. The summed E-state index contributed by atoms with van der Waals surface area (Å²) in [6.45, 7) is 8.22. The van der Waals surface area contributed by atoms with Crippen molar-refractivity contribution in [2.24, 2.45) is 0 Å². The molecule has 3 nitrogen and oxygen atoms in total. The molecule has 1 aromatic heterocycles. The highest BCUT2D eigenvalue weighted by atomic mass is 35.5. The van der Waals surface area contributed by atoms with Crippen LogP contribution in [-0.2, 0) is 9.31 Å². The van der Waals surface area contributed by atoms with E-state index in [-0.39, 0.29) is 11.2 Å². The fourth-order valence-corrected chi connectivity index (χ4v) is 3.98. The molecule has 27 heavy (non-hydrogen) atoms. The van der Waals surface area contributed by atoms with E-state index in [2.05, 4.69) is 52.0 Å². The molecule has 5 rings (SSSR count). The zero-order chi connectivity index (χ0) is 19.0. The van der Waals surface area contributed by atoms with E-state index in [1.807, 2.05) is 24.3 Å². The molecule has 0 aliphatic carbocycles. The lowest BCUT2D eigenvalue weighted by Crippen LogP contribution is -2.41. The van der Waals surface area contributed by atoms with Crippen molar-refractivity contribution in [2.75, 3.05) is 0 Å². The average molecular weight is 379 g/mol. The molecule has 3 aromatic carbocycles. The van der Waals surface area contributed by atoms with Crippen molar-refractivity contribution in [3.63, 3.8) is 0 Å². The van der Waals surface area contributed by atoms with E-state index in [1.165, 1.54) is 0 Å². The highest BCUT2D eigenvalue weighted by Gasteiger charge is 2.51. The number of halogens is 1. The number of furan rings is 1. The summed E-state index contributed by atoms with van der Waals surface area (Å²) < 4.78 is 18.5. The van der Waals surface area contributed by atoms with Crippen LogP contribution in [0.5, 0.6) is 0 Å². The maximum atomic E-state index is 6.51. The van der Waals surface area contributed by atoms with E-state index >= 15 is 0 Å². The third-order valence-corrected chi connectivity index (χ3v) is 6.25. The van der Waals surface area contributed by atoms with Crippen LogP contribution in [0.25, 0.3) is 32.7 Å². The highest BCUT2D eigenvalue weighted by molar-refractivity contribution is 6.62. The van der Waals surface area contributed by atoms with Gasteiger partial charge in [-0.3, -0.25) is 0 Å². The average Bonchev–Trinajstić information content (AvgIpc) is 3.10. The minimum Gasteiger partial charge on any atom is -0.454 e.